The molecule has 4 nitrogen and oxygen atoms in total. The second-order valence-corrected chi connectivity index (χ2v) is 6.07. The van der Waals surface area contributed by atoms with Crippen LogP contribution in [-0.4, -0.2) is 21.7 Å². The van der Waals surface area contributed by atoms with Crippen molar-refractivity contribution < 1.29 is 0 Å². The van der Waals surface area contributed by atoms with Crippen LogP contribution < -0.4 is 5.73 Å². The summed E-state index contributed by atoms with van der Waals surface area (Å²) in [5, 5.41) is 0. The lowest BCUT2D eigenvalue weighted by Gasteiger charge is -2.03. The van der Waals surface area contributed by atoms with Crippen molar-refractivity contribution in [1.29, 1.82) is 0 Å². The molecule has 118 valence electrons. The number of fused-ring (bicyclic) bond motifs is 1. The van der Waals surface area contributed by atoms with Crippen molar-refractivity contribution in [2.75, 3.05) is 5.88 Å². The Morgan fingerprint density at radius 2 is 1.96 bits per heavy atom. The van der Waals surface area contributed by atoms with Gasteiger partial charge in [-0.05, 0) is 47.9 Å². The number of aromatic nitrogens is 2. The average Bonchev–Trinajstić information content (AvgIpc) is 2.98. The SMILES string of the molecule is CC(C)c1ccc2nc(-c3ccc(N=C(N)CCl)cc3)[nH]c2c1. The molecule has 0 aliphatic carbocycles. The van der Waals surface area contributed by atoms with E-state index in [1.807, 2.05) is 24.3 Å². The average molecular weight is 327 g/mol. The molecule has 1 aromatic heterocycles. The van der Waals surface area contributed by atoms with Gasteiger partial charge < -0.3 is 10.7 Å². The monoisotopic (exact) mass is 326 g/mol. The first-order valence-electron chi connectivity index (χ1n) is 7.56. The number of hydrogen-bond donors (Lipinski definition) is 2. The fourth-order valence-corrected chi connectivity index (χ4v) is 2.47. The Balaban J connectivity index is 1.93. The van der Waals surface area contributed by atoms with Gasteiger partial charge in [0.1, 0.15) is 11.7 Å². The molecule has 3 N–H and O–H groups in total. The minimum Gasteiger partial charge on any atom is -0.386 e. The molecule has 0 fully saturated rings. The molecule has 0 aliphatic rings. The van der Waals surface area contributed by atoms with E-state index in [1.165, 1.54) is 5.56 Å². The second-order valence-electron chi connectivity index (χ2n) is 5.80. The molecule has 2 aromatic carbocycles. The number of aliphatic imine (C=N–C) groups is 1. The van der Waals surface area contributed by atoms with Gasteiger partial charge in [-0.1, -0.05) is 19.9 Å². The number of aromatic amines is 1. The Morgan fingerprint density at radius 3 is 2.61 bits per heavy atom. The van der Waals surface area contributed by atoms with Crippen LogP contribution in [0.1, 0.15) is 25.3 Å². The maximum Gasteiger partial charge on any atom is 0.138 e. The molecule has 0 spiro atoms. The molecule has 0 bridgehead atoms. The van der Waals surface area contributed by atoms with Crippen molar-refractivity contribution in [2.45, 2.75) is 19.8 Å². The Hall–Kier alpha value is -2.33. The third kappa shape index (κ3) is 3.37. The summed E-state index contributed by atoms with van der Waals surface area (Å²) in [5.74, 6) is 1.98. The highest BCUT2D eigenvalue weighted by Crippen LogP contribution is 2.25. The summed E-state index contributed by atoms with van der Waals surface area (Å²) in [7, 11) is 0. The standard InChI is InChI=1S/C18H19ClN4/c1-11(2)13-5-8-15-16(9-13)23-18(22-15)12-3-6-14(7-4-12)21-17(20)10-19/h3-9,11H,10H2,1-2H3,(H2,20,21)(H,22,23). The molecule has 0 radical (unpaired) electrons. The first-order chi connectivity index (χ1) is 11.1. The van der Waals surface area contributed by atoms with Crippen LogP contribution in [0.15, 0.2) is 47.5 Å². The first-order valence-corrected chi connectivity index (χ1v) is 8.09. The number of H-pyrrole nitrogens is 1. The molecule has 3 aromatic rings. The number of amidine groups is 1. The van der Waals surface area contributed by atoms with Gasteiger partial charge in [-0.25, -0.2) is 9.98 Å². The van der Waals surface area contributed by atoms with Crippen LogP contribution in [0.3, 0.4) is 0 Å². The number of rotatable bonds is 4. The molecule has 0 atom stereocenters. The second kappa shape index (κ2) is 6.42. The molecular weight excluding hydrogens is 308 g/mol. The molecule has 0 amide bonds. The smallest absolute Gasteiger partial charge is 0.138 e. The zero-order chi connectivity index (χ0) is 16.4. The van der Waals surface area contributed by atoms with Gasteiger partial charge in [0.2, 0.25) is 0 Å². The fraction of sp³-hybridized carbons (Fsp3) is 0.222. The number of imidazole rings is 1. The van der Waals surface area contributed by atoms with E-state index < -0.39 is 0 Å². The van der Waals surface area contributed by atoms with E-state index in [1.54, 1.807) is 0 Å². The van der Waals surface area contributed by atoms with Crippen molar-refractivity contribution >= 4 is 34.2 Å². The van der Waals surface area contributed by atoms with Crippen molar-refractivity contribution in [3.05, 3.63) is 48.0 Å². The molecule has 5 heteroatoms. The van der Waals surface area contributed by atoms with Gasteiger partial charge in [-0.3, -0.25) is 0 Å². The Morgan fingerprint density at radius 1 is 1.22 bits per heavy atom. The first kappa shape index (κ1) is 15.6. The number of halogens is 1. The summed E-state index contributed by atoms with van der Waals surface area (Å²) in [6.45, 7) is 4.37. The van der Waals surface area contributed by atoms with Gasteiger partial charge in [0.25, 0.3) is 0 Å². The van der Waals surface area contributed by atoms with Crippen molar-refractivity contribution in [3.63, 3.8) is 0 Å². The zero-order valence-corrected chi connectivity index (χ0v) is 13.9. The van der Waals surface area contributed by atoms with Crippen LogP contribution in [0.25, 0.3) is 22.4 Å². The van der Waals surface area contributed by atoms with Crippen LogP contribution in [-0.2, 0) is 0 Å². The largest absolute Gasteiger partial charge is 0.386 e. The Labute approximate surface area is 140 Å². The molecule has 0 saturated carbocycles. The minimum absolute atomic E-state index is 0.226. The summed E-state index contributed by atoms with van der Waals surface area (Å²) < 4.78 is 0. The van der Waals surface area contributed by atoms with E-state index >= 15 is 0 Å². The van der Waals surface area contributed by atoms with Crippen LogP contribution in [0.4, 0.5) is 5.69 Å². The van der Waals surface area contributed by atoms with Gasteiger partial charge in [0, 0.05) is 5.56 Å². The Bertz CT molecular complexity index is 847. The number of hydrogen-bond acceptors (Lipinski definition) is 2. The zero-order valence-electron chi connectivity index (χ0n) is 13.2. The van der Waals surface area contributed by atoms with E-state index in [9.17, 15) is 0 Å². The third-order valence-electron chi connectivity index (χ3n) is 3.72. The predicted octanol–water partition coefficient (Wildman–Crippen LogP) is 4.58. The van der Waals surface area contributed by atoms with E-state index in [0.717, 1.165) is 28.1 Å². The van der Waals surface area contributed by atoms with E-state index in [2.05, 4.69) is 47.0 Å². The summed E-state index contributed by atoms with van der Waals surface area (Å²) in [6.07, 6.45) is 0. The van der Waals surface area contributed by atoms with Crippen LogP contribution in [0, 0.1) is 0 Å². The third-order valence-corrected chi connectivity index (χ3v) is 4.00. The molecule has 23 heavy (non-hydrogen) atoms. The van der Waals surface area contributed by atoms with Gasteiger partial charge in [0.15, 0.2) is 0 Å². The van der Waals surface area contributed by atoms with Gasteiger partial charge in [0.05, 0.1) is 22.6 Å². The molecule has 0 unspecified atom stereocenters. The highest BCUT2D eigenvalue weighted by molar-refractivity contribution is 6.28. The predicted molar refractivity (Wildman–Crippen MR) is 97.6 cm³/mol. The lowest BCUT2D eigenvalue weighted by molar-refractivity contribution is 0.868. The van der Waals surface area contributed by atoms with Gasteiger partial charge in [-0.15, -0.1) is 11.6 Å². The van der Waals surface area contributed by atoms with Crippen molar-refractivity contribution in [1.82, 2.24) is 9.97 Å². The fourth-order valence-electron chi connectivity index (χ4n) is 2.41. The van der Waals surface area contributed by atoms with E-state index in [4.69, 9.17) is 17.3 Å². The number of nitrogens with two attached hydrogens (primary N) is 1. The summed E-state index contributed by atoms with van der Waals surface area (Å²) in [5.41, 5.74) is 10.8. The van der Waals surface area contributed by atoms with Crippen molar-refractivity contribution in [2.24, 2.45) is 10.7 Å². The van der Waals surface area contributed by atoms with Gasteiger partial charge in [-0.2, -0.15) is 0 Å². The van der Waals surface area contributed by atoms with E-state index in [-0.39, 0.29) is 5.88 Å². The maximum atomic E-state index is 5.64. The normalized spacial score (nSPS) is 12.3. The highest BCUT2D eigenvalue weighted by atomic mass is 35.5. The molecule has 1 heterocycles. The molecule has 3 rings (SSSR count). The number of benzene rings is 2. The Kier molecular flexibility index (Phi) is 4.35. The lowest BCUT2D eigenvalue weighted by atomic mass is 10.0. The molecule has 0 saturated heterocycles. The minimum atomic E-state index is 0.226. The van der Waals surface area contributed by atoms with Crippen LogP contribution >= 0.6 is 11.6 Å². The molecular formula is C18H19ClN4. The number of alkyl halides is 1. The quantitative estimate of drug-likeness (QED) is 0.418. The summed E-state index contributed by atoms with van der Waals surface area (Å²) in [4.78, 5) is 12.3. The maximum absolute atomic E-state index is 5.64. The van der Waals surface area contributed by atoms with Gasteiger partial charge >= 0.3 is 0 Å². The van der Waals surface area contributed by atoms with E-state index in [0.29, 0.717) is 11.8 Å². The lowest BCUT2D eigenvalue weighted by Crippen LogP contribution is -2.12. The summed E-state index contributed by atoms with van der Waals surface area (Å²) in [6, 6.07) is 14.1. The summed E-state index contributed by atoms with van der Waals surface area (Å²) >= 11 is 5.64. The van der Waals surface area contributed by atoms with Crippen LogP contribution in [0.5, 0.6) is 0 Å². The number of nitrogens with zero attached hydrogens (tertiary/aromatic N) is 2. The topological polar surface area (TPSA) is 67.1 Å². The van der Waals surface area contributed by atoms with Crippen molar-refractivity contribution in [3.8, 4) is 11.4 Å². The number of nitrogens with one attached hydrogen (secondary N) is 1. The molecule has 0 aliphatic heterocycles. The van der Waals surface area contributed by atoms with Crippen LogP contribution in [0.2, 0.25) is 0 Å². The highest BCUT2D eigenvalue weighted by Gasteiger charge is 2.07.